The summed E-state index contributed by atoms with van der Waals surface area (Å²) >= 11 is 0. The Bertz CT molecular complexity index is 143. The van der Waals surface area contributed by atoms with Crippen molar-refractivity contribution >= 4 is 7.12 Å². The van der Waals surface area contributed by atoms with Crippen molar-refractivity contribution in [1.29, 1.82) is 0 Å². The van der Waals surface area contributed by atoms with Crippen LogP contribution in [0.4, 0.5) is 0 Å². The van der Waals surface area contributed by atoms with Gasteiger partial charge in [-0.05, 0) is 26.2 Å². The molecule has 0 radical (unpaired) electrons. The molecular formula is C7H13BO2. The van der Waals surface area contributed by atoms with Crippen LogP contribution in [0.3, 0.4) is 0 Å². The maximum Gasteiger partial charge on any atom is 0.459 e. The van der Waals surface area contributed by atoms with Gasteiger partial charge in [-0.1, -0.05) is 11.6 Å². The molecule has 0 bridgehead atoms. The first-order valence-corrected chi connectivity index (χ1v) is 3.74. The minimum atomic E-state index is -1.16. The van der Waals surface area contributed by atoms with Gasteiger partial charge in [0.05, 0.1) is 0 Å². The van der Waals surface area contributed by atoms with Crippen LogP contribution in [0.5, 0.6) is 0 Å². The molecule has 0 saturated heterocycles. The van der Waals surface area contributed by atoms with E-state index >= 15 is 0 Å². The van der Waals surface area contributed by atoms with Crippen molar-refractivity contribution in [2.24, 2.45) is 0 Å². The van der Waals surface area contributed by atoms with E-state index in [1.54, 1.807) is 0 Å². The van der Waals surface area contributed by atoms with E-state index in [0.29, 0.717) is 0 Å². The van der Waals surface area contributed by atoms with Crippen LogP contribution in [0.15, 0.2) is 11.6 Å². The number of rotatable bonds is 1. The second kappa shape index (κ2) is 3.22. The lowest BCUT2D eigenvalue weighted by atomic mass is 9.64. The van der Waals surface area contributed by atoms with E-state index in [1.807, 2.05) is 6.92 Å². The number of hydrogen-bond acceptors (Lipinski definition) is 2. The Hall–Kier alpha value is -0.275. The summed E-state index contributed by atoms with van der Waals surface area (Å²) in [5, 5.41) is 17.7. The lowest BCUT2D eigenvalue weighted by molar-refractivity contribution is 0.383. The van der Waals surface area contributed by atoms with Crippen LogP contribution < -0.4 is 0 Å². The Labute approximate surface area is 61.7 Å². The van der Waals surface area contributed by atoms with Crippen molar-refractivity contribution in [3.63, 3.8) is 0 Å². The lowest BCUT2D eigenvalue weighted by Gasteiger charge is -2.20. The van der Waals surface area contributed by atoms with E-state index in [0.717, 1.165) is 24.8 Å². The highest BCUT2D eigenvalue weighted by molar-refractivity contribution is 6.44. The number of hydrogen-bond donors (Lipinski definition) is 2. The smallest absolute Gasteiger partial charge is 0.427 e. The fourth-order valence-corrected chi connectivity index (χ4v) is 1.43. The third-order valence-electron chi connectivity index (χ3n) is 2.13. The third kappa shape index (κ3) is 1.61. The summed E-state index contributed by atoms with van der Waals surface area (Å²) in [4.78, 5) is 0. The van der Waals surface area contributed by atoms with Gasteiger partial charge in [0, 0.05) is 5.82 Å². The minimum absolute atomic E-state index is 0.00579. The predicted molar refractivity (Wildman–Crippen MR) is 41.5 cm³/mol. The standard InChI is InChI=1S/C7H13BO2/c1-6-4-2-3-5-7(6)8(9)10/h4,7,9-10H,2-3,5H2,1H3. The summed E-state index contributed by atoms with van der Waals surface area (Å²) < 4.78 is 0. The van der Waals surface area contributed by atoms with Crippen molar-refractivity contribution in [3.8, 4) is 0 Å². The van der Waals surface area contributed by atoms with Crippen LogP contribution >= 0.6 is 0 Å². The second-order valence-electron chi connectivity index (χ2n) is 2.90. The van der Waals surface area contributed by atoms with Gasteiger partial charge in [0.2, 0.25) is 0 Å². The Balaban J connectivity index is 2.58. The first-order valence-electron chi connectivity index (χ1n) is 3.74. The molecule has 56 valence electrons. The Morgan fingerprint density at radius 1 is 1.60 bits per heavy atom. The molecular weight excluding hydrogens is 127 g/mol. The van der Waals surface area contributed by atoms with E-state index in [9.17, 15) is 0 Å². The molecule has 2 nitrogen and oxygen atoms in total. The molecule has 0 fully saturated rings. The van der Waals surface area contributed by atoms with Gasteiger partial charge in [-0.2, -0.15) is 0 Å². The average molecular weight is 140 g/mol. The molecule has 1 unspecified atom stereocenters. The van der Waals surface area contributed by atoms with Crippen molar-refractivity contribution in [3.05, 3.63) is 11.6 Å². The van der Waals surface area contributed by atoms with Gasteiger partial charge in [0.1, 0.15) is 0 Å². The average Bonchev–Trinajstić information content (AvgIpc) is 1.88. The second-order valence-corrected chi connectivity index (χ2v) is 2.90. The predicted octanol–water partition coefficient (Wildman–Crippen LogP) is 0.960. The molecule has 1 rings (SSSR count). The van der Waals surface area contributed by atoms with Crippen LogP contribution in [0.25, 0.3) is 0 Å². The molecule has 0 aromatic heterocycles. The molecule has 1 aliphatic rings. The molecule has 0 saturated carbocycles. The summed E-state index contributed by atoms with van der Waals surface area (Å²) in [6.07, 6.45) is 5.18. The summed E-state index contributed by atoms with van der Waals surface area (Å²) in [6.45, 7) is 1.96. The molecule has 1 atom stereocenters. The Morgan fingerprint density at radius 2 is 2.30 bits per heavy atom. The van der Waals surface area contributed by atoms with E-state index in [4.69, 9.17) is 10.0 Å². The fraction of sp³-hybridized carbons (Fsp3) is 0.714. The molecule has 3 heteroatoms. The van der Waals surface area contributed by atoms with Crippen LogP contribution in [-0.2, 0) is 0 Å². The molecule has 0 aromatic carbocycles. The van der Waals surface area contributed by atoms with Crippen molar-refractivity contribution in [1.82, 2.24) is 0 Å². The van der Waals surface area contributed by atoms with Gasteiger partial charge < -0.3 is 10.0 Å². The summed E-state index contributed by atoms with van der Waals surface area (Å²) in [5.41, 5.74) is 1.13. The van der Waals surface area contributed by atoms with Gasteiger partial charge in [0.25, 0.3) is 0 Å². The SMILES string of the molecule is CC1=CCCCC1B(O)O. The van der Waals surface area contributed by atoms with Crippen molar-refractivity contribution in [2.75, 3.05) is 0 Å². The zero-order chi connectivity index (χ0) is 7.56. The monoisotopic (exact) mass is 140 g/mol. The fourth-order valence-electron chi connectivity index (χ4n) is 1.43. The molecule has 10 heavy (non-hydrogen) atoms. The summed E-state index contributed by atoms with van der Waals surface area (Å²) in [6, 6.07) is 0. The molecule has 1 aliphatic carbocycles. The molecule has 0 amide bonds. The van der Waals surface area contributed by atoms with Crippen LogP contribution in [0, 0.1) is 0 Å². The van der Waals surface area contributed by atoms with Gasteiger partial charge in [-0.25, -0.2) is 0 Å². The quantitative estimate of drug-likeness (QED) is 0.420. The zero-order valence-electron chi connectivity index (χ0n) is 6.25. The highest BCUT2D eigenvalue weighted by Gasteiger charge is 2.25. The van der Waals surface area contributed by atoms with E-state index in [1.165, 1.54) is 0 Å². The lowest BCUT2D eigenvalue weighted by Crippen LogP contribution is -2.22. The summed E-state index contributed by atoms with van der Waals surface area (Å²) in [5.74, 6) is -0.00579. The highest BCUT2D eigenvalue weighted by atomic mass is 16.4. The summed E-state index contributed by atoms with van der Waals surface area (Å²) in [7, 11) is -1.16. The van der Waals surface area contributed by atoms with Gasteiger partial charge in [-0.15, -0.1) is 0 Å². The highest BCUT2D eigenvalue weighted by Crippen LogP contribution is 2.30. The van der Waals surface area contributed by atoms with Crippen LogP contribution in [-0.4, -0.2) is 17.2 Å². The molecule has 0 aliphatic heterocycles. The largest absolute Gasteiger partial charge is 0.459 e. The third-order valence-corrected chi connectivity index (χ3v) is 2.13. The van der Waals surface area contributed by atoms with Crippen molar-refractivity contribution < 1.29 is 10.0 Å². The van der Waals surface area contributed by atoms with E-state index < -0.39 is 7.12 Å². The molecule has 0 aromatic rings. The van der Waals surface area contributed by atoms with Crippen molar-refractivity contribution in [2.45, 2.75) is 32.0 Å². The van der Waals surface area contributed by atoms with Crippen LogP contribution in [0.1, 0.15) is 26.2 Å². The zero-order valence-corrected chi connectivity index (χ0v) is 6.25. The normalized spacial score (nSPS) is 25.9. The van der Waals surface area contributed by atoms with Gasteiger partial charge >= 0.3 is 7.12 Å². The minimum Gasteiger partial charge on any atom is -0.427 e. The molecule has 0 spiro atoms. The van der Waals surface area contributed by atoms with Gasteiger partial charge in [-0.3, -0.25) is 0 Å². The maximum absolute atomic E-state index is 8.86. The first-order chi connectivity index (χ1) is 4.72. The van der Waals surface area contributed by atoms with E-state index in [2.05, 4.69) is 6.08 Å². The molecule has 0 heterocycles. The maximum atomic E-state index is 8.86. The van der Waals surface area contributed by atoms with E-state index in [-0.39, 0.29) is 5.82 Å². The first kappa shape index (κ1) is 7.83. The molecule has 2 N–H and O–H groups in total. The Morgan fingerprint density at radius 3 is 2.70 bits per heavy atom. The van der Waals surface area contributed by atoms with Gasteiger partial charge in [0.15, 0.2) is 0 Å². The van der Waals surface area contributed by atoms with Crippen LogP contribution in [0.2, 0.25) is 5.82 Å². The number of allylic oxidation sites excluding steroid dienone is 2. The topological polar surface area (TPSA) is 40.5 Å². The Kier molecular flexibility index (Phi) is 2.52.